The molecule has 1 amide bonds. The summed E-state index contributed by atoms with van der Waals surface area (Å²) in [7, 11) is -3.33. The van der Waals surface area contributed by atoms with E-state index in [-0.39, 0.29) is 12.3 Å². The molecule has 2 atom stereocenters. The van der Waals surface area contributed by atoms with Crippen molar-refractivity contribution in [1.82, 2.24) is 5.32 Å². The number of sulfonamides is 1. The maximum absolute atomic E-state index is 12.0. The van der Waals surface area contributed by atoms with Gasteiger partial charge in [0, 0.05) is 13.1 Å². The van der Waals surface area contributed by atoms with E-state index in [2.05, 4.69) is 5.32 Å². The number of carbonyl (C=O) groups excluding carboxylic acids is 1. The first-order valence-electron chi connectivity index (χ1n) is 8.43. The average Bonchev–Trinajstić information content (AvgIpc) is 2.89. The van der Waals surface area contributed by atoms with Crippen molar-refractivity contribution in [2.24, 2.45) is 0 Å². The minimum Gasteiger partial charge on any atom is -0.444 e. The summed E-state index contributed by atoms with van der Waals surface area (Å²) in [4.78, 5) is 11.6. The molecule has 2 unspecified atom stereocenters. The Kier molecular flexibility index (Phi) is 6.15. The van der Waals surface area contributed by atoms with E-state index in [4.69, 9.17) is 4.74 Å². The summed E-state index contributed by atoms with van der Waals surface area (Å²) in [5.41, 5.74) is 0.151. The van der Waals surface area contributed by atoms with Gasteiger partial charge in [-0.05, 0) is 44.9 Å². The van der Waals surface area contributed by atoms with E-state index in [1.54, 1.807) is 39.0 Å². The molecule has 1 aromatic carbocycles. The van der Waals surface area contributed by atoms with Gasteiger partial charge in [-0.2, -0.15) is 0 Å². The van der Waals surface area contributed by atoms with Crippen LogP contribution in [0, 0.1) is 0 Å². The van der Waals surface area contributed by atoms with Gasteiger partial charge in [0.2, 0.25) is 10.0 Å². The van der Waals surface area contributed by atoms with E-state index in [0.717, 1.165) is 0 Å². The van der Waals surface area contributed by atoms with Crippen LogP contribution >= 0.6 is 0 Å². The standard InChI is InChI=1S/C17H26N2O6S/c1-17(2,3)25-16(22)18-11-14(20)15(21)12-6-4-7-13(10-12)19-8-5-9-26(19,23)24/h4,6-7,10,14-15,20-21H,5,8-9,11H2,1-3H3,(H,18,22). The Bertz CT molecular complexity index is 744. The summed E-state index contributed by atoms with van der Waals surface area (Å²) in [5.74, 6) is 0.0994. The molecule has 1 aliphatic rings. The van der Waals surface area contributed by atoms with Crippen molar-refractivity contribution in [1.29, 1.82) is 0 Å². The first kappa shape index (κ1) is 20.5. The van der Waals surface area contributed by atoms with Crippen molar-refractivity contribution < 1.29 is 28.2 Å². The first-order valence-corrected chi connectivity index (χ1v) is 10.0. The van der Waals surface area contributed by atoms with Gasteiger partial charge in [-0.25, -0.2) is 13.2 Å². The van der Waals surface area contributed by atoms with E-state index >= 15 is 0 Å². The van der Waals surface area contributed by atoms with Crippen molar-refractivity contribution in [2.45, 2.75) is 45.0 Å². The van der Waals surface area contributed by atoms with Gasteiger partial charge in [0.1, 0.15) is 17.8 Å². The highest BCUT2D eigenvalue weighted by Gasteiger charge is 2.29. The highest BCUT2D eigenvalue weighted by Crippen LogP contribution is 2.27. The zero-order valence-corrected chi connectivity index (χ0v) is 16.0. The maximum Gasteiger partial charge on any atom is 0.407 e. The van der Waals surface area contributed by atoms with Crippen LogP contribution in [-0.4, -0.2) is 55.3 Å². The quantitative estimate of drug-likeness (QED) is 0.699. The van der Waals surface area contributed by atoms with Gasteiger partial charge in [-0.3, -0.25) is 4.31 Å². The molecule has 1 fully saturated rings. The van der Waals surface area contributed by atoms with E-state index < -0.39 is 33.9 Å². The summed E-state index contributed by atoms with van der Waals surface area (Å²) >= 11 is 0. The Balaban J connectivity index is 2.02. The number of nitrogens with one attached hydrogen (secondary N) is 1. The van der Waals surface area contributed by atoms with Crippen LogP contribution in [-0.2, 0) is 14.8 Å². The molecule has 0 aliphatic carbocycles. The van der Waals surface area contributed by atoms with Crippen molar-refractivity contribution in [3.05, 3.63) is 29.8 Å². The predicted molar refractivity (Wildman–Crippen MR) is 97.4 cm³/mol. The third kappa shape index (κ3) is 5.33. The zero-order chi connectivity index (χ0) is 19.5. The Hall–Kier alpha value is -1.84. The number of alkyl carbamates (subject to hydrolysis) is 1. The number of hydrogen-bond acceptors (Lipinski definition) is 6. The Labute approximate surface area is 153 Å². The van der Waals surface area contributed by atoms with Crippen LogP contribution in [0.15, 0.2) is 24.3 Å². The number of aliphatic hydroxyl groups excluding tert-OH is 2. The Morgan fingerprint density at radius 3 is 2.62 bits per heavy atom. The number of aliphatic hydroxyl groups is 2. The summed E-state index contributed by atoms with van der Waals surface area (Å²) in [6, 6.07) is 6.39. The lowest BCUT2D eigenvalue weighted by Crippen LogP contribution is -2.38. The van der Waals surface area contributed by atoms with Gasteiger partial charge in [0.05, 0.1) is 11.4 Å². The van der Waals surface area contributed by atoms with Gasteiger partial charge in [0.15, 0.2) is 0 Å². The molecule has 2 rings (SSSR count). The van der Waals surface area contributed by atoms with Crippen molar-refractivity contribution in [3.8, 4) is 0 Å². The third-order valence-corrected chi connectivity index (χ3v) is 5.69. The maximum atomic E-state index is 12.0. The molecule has 1 aromatic rings. The van der Waals surface area contributed by atoms with Crippen LogP contribution in [0.25, 0.3) is 0 Å². The van der Waals surface area contributed by atoms with Gasteiger partial charge < -0.3 is 20.3 Å². The number of carbonyl (C=O) groups is 1. The van der Waals surface area contributed by atoms with E-state index in [9.17, 15) is 23.4 Å². The fourth-order valence-corrected chi connectivity index (χ4v) is 4.19. The molecule has 1 saturated heterocycles. The third-order valence-electron chi connectivity index (χ3n) is 3.82. The van der Waals surface area contributed by atoms with Crippen LogP contribution in [0.1, 0.15) is 38.9 Å². The SMILES string of the molecule is CC(C)(C)OC(=O)NCC(O)C(O)c1cccc(N2CCCS2(=O)=O)c1. The summed E-state index contributed by atoms with van der Waals surface area (Å²) in [6.07, 6.45) is -2.69. The fourth-order valence-electron chi connectivity index (χ4n) is 2.63. The van der Waals surface area contributed by atoms with Crippen LogP contribution in [0.2, 0.25) is 0 Å². The summed E-state index contributed by atoms with van der Waals surface area (Å²) < 4.78 is 30.4. The monoisotopic (exact) mass is 386 g/mol. The molecule has 0 bridgehead atoms. The lowest BCUT2D eigenvalue weighted by atomic mass is 10.0. The number of nitrogens with zero attached hydrogens (tertiary/aromatic N) is 1. The molecular formula is C17H26N2O6S. The molecule has 8 nitrogen and oxygen atoms in total. The molecule has 3 N–H and O–H groups in total. The molecule has 0 spiro atoms. The largest absolute Gasteiger partial charge is 0.444 e. The van der Waals surface area contributed by atoms with Crippen molar-refractivity contribution in [3.63, 3.8) is 0 Å². The Morgan fingerprint density at radius 2 is 2.04 bits per heavy atom. The molecule has 146 valence electrons. The summed E-state index contributed by atoms with van der Waals surface area (Å²) in [5, 5.41) is 22.8. The molecule has 0 saturated carbocycles. The number of ether oxygens (including phenoxy) is 1. The number of hydrogen-bond donors (Lipinski definition) is 3. The Morgan fingerprint density at radius 1 is 1.35 bits per heavy atom. The lowest BCUT2D eigenvalue weighted by Gasteiger charge is -2.23. The predicted octanol–water partition coefficient (Wildman–Crippen LogP) is 1.15. The normalized spacial score (nSPS) is 19.0. The van der Waals surface area contributed by atoms with E-state index in [1.165, 1.54) is 10.4 Å². The van der Waals surface area contributed by atoms with Gasteiger partial charge >= 0.3 is 6.09 Å². The lowest BCUT2D eigenvalue weighted by molar-refractivity contribution is 0.0129. The average molecular weight is 386 g/mol. The second-order valence-electron chi connectivity index (χ2n) is 7.23. The molecule has 1 aliphatic heterocycles. The van der Waals surface area contributed by atoms with Crippen LogP contribution in [0.3, 0.4) is 0 Å². The summed E-state index contributed by atoms with van der Waals surface area (Å²) in [6.45, 7) is 5.34. The highest BCUT2D eigenvalue weighted by atomic mass is 32.2. The molecule has 0 aromatic heterocycles. The van der Waals surface area contributed by atoms with E-state index in [0.29, 0.717) is 24.2 Å². The second kappa shape index (κ2) is 7.81. The molecule has 26 heavy (non-hydrogen) atoms. The number of rotatable bonds is 5. The molecule has 0 radical (unpaired) electrons. The van der Waals surface area contributed by atoms with Crippen molar-refractivity contribution >= 4 is 21.8 Å². The minimum absolute atomic E-state index is 0.0994. The number of amides is 1. The van der Waals surface area contributed by atoms with E-state index in [1.807, 2.05) is 0 Å². The van der Waals surface area contributed by atoms with Gasteiger partial charge in [0.25, 0.3) is 0 Å². The minimum atomic E-state index is -3.33. The molecule has 9 heteroatoms. The van der Waals surface area contributed by atoms with Crippen LogP contribution in [0.5, 0.6) is 0 Å². The van der Waals surface area contributed by atoms with Crippen molar-refractivity contribution in [2.75, 3.05) is 23.1 Å². The number of anilines is 1. The van der Waals surface area contributed by atoms with Gasteiger partial charge in [-0.15, -0.1) is 0 Å². The number of benzene rings is 1. The van der Waals surface area contributed by atoms with Gasteiger partial charge in [-0.1, -0.05) is 12.1 Å². The zero-order valence-electron chi connectivity index (χ0n) is 15.2. The fraction of sp³-hybridized carbons (Fsp3) is 0.588. The molecular weight excluding hydrogens is 360 g/mol. The van der Waals surface area contributed by atoms with Crippen LogP contribution < -0.4 is 9.62 Å². The first-order chi connectivity index (χ1) is 12.0. The van der Waals surface area contributed by atoms with Crippen LogP contribution in [0.4, 0.5) is 10.5 Å². The smallest absolute Gasteiger partial charge is 0.407 e. The highest BCUT2D eigenvalue weighted by molar-refractivity contribution is 7.93. The second-order valence-corrected chi connectivity index (χ2v) is 9.24. The topological polar surface area (TPSA) is 116 Å². The molecule has 1 heterocycles.